The van der Waals surface area contributed by atoms with Crippen LogP contribution in [0.2, 0.25) is 0 Å². The number of benzene rings is 2. The van der Waals surface area contributed by atoms with Gasteiger partial charge in [-0.25, -0.2) is 0 Å². The molecule has 20 heavy (non-hydrogen) atoms. The zero-order chi connectivity index (χ0) is 14.1. The molecular weight excluding hydrogens is 316 g/mol. The molecule has 0 radical (unpaired) electrons. The Balaban J connectivity index is 1.72. The molecular formula is C17H17BrO2. The molecule has 2 nitrogen and oxygen atoms in total. The van der Waals surface area contributed by atoms with Gasteiger partial charge in [0.1, 0.15) is 5.75 Å². The smallest absolute Gasteiger partial charge is 0.126 e. The summed E-state index contributed by atoms with van der Waals surface area (Å²) in [6.45, 7) is 2.42. The highest BCUT2D eigenvalue weighted by Gasteiger charge is 2.26. The molecule has 0 fully saturated rings. The fourth-order valence-corrected chi connectivity index (χ4v) is 3.02. The summed E-state index contributed by atoms with van der Waals surface area (Å²) in [5.74, 6) is 1.23. The van der Waals surface area contributed by atoms with Crippen LogP contribution in [0.3, 0.4) is 0 Å². The number of hydrogen-bond acceptors (Lipinski definition) is 2. The molecule has 1 N–H and O–H groups in total. The van der Waals surface area contributed by atoms with E-state index in [0.717, 1.165) is 22.2 Å². The molecule has 1 aliphatic carbocycles. The molecule has 0 bridgehead atoms. The highest BCUT2D eigenvalue weighted by Crippen LogP contribution is 2.36. The molecule has 2 aromatic rings. The van der Waals surface area contributed by atoms with Crippen molar-refractivity contribution in [2.45, 2.75) is 25.4 Å². The van der Waals surface area contributed by atoms with E-state index in [0.29, 0.717) is 12.5 Å². The zero-order valence-corrected chi connectivity index (χ0v) is 12.9. The molecule has 0 saturated carbocycles. The third kappa shape index (κ3) is 2.60. The number of fused-ring (bicyclic) bond motifs is 1. The average molecular weight is 333 g/mol. The van der Waals surface area contributed by atoms with Crippen LogP contribution in [0, 0.1) is 0 Å². The Labute approximate surface area is 127 Å². The van der Waals surface area contributed by atoms with E-state index >= 15 is 0 Å². The van der Waals surface area contributed by atoms with E-state index in [9.17, 15) is 5.11 Å². The first kappa shape index (κ1) is 13.7. The maximum Gasteiger partial charge on any atom is 0.126 e. The van der Waals surface area contributed by atoms with E-state index in [1.165, 1.54) is 11.1 Å². The lowest BCUT2D eigenvalue weighted by Crippen LogP contribution is -2.23. The Bertz CT molecular complexity index is 622. The van der Waals surface area contributed by atoms with E-state index in [-0.39, 0.29) is 0 Å². The molecule has 2 unspecified atom stereocenters. The fourth-order valence-electron chi connectivity index (χ4n) is 2.68. The number of aliphatic hydroxyl groups excluding tert-OH is 1. The SMILES string of the molecule is CC(O)c1ccc(Br)cc1OCC1Cc2ccccc21. The van der Waals surface area contributed by atoms with Gasteiger partial charge in [-0.1, -0.05) is 46.3 Å². The van der Waals surface area contributed by atoms with Gasteiger partial charge in [0.2, 0.25) is 0 Å². The van der Waals surface area contributed by atoms with Crippen LogP contribution in [0.5, 0.6) is 5.75 Å². The summed E-state index contributed by atoms with van der Waals surface area (Å²) in [4.78, 5) is 0. The number of aliphatic hydroxyl groups is 1. The highest BCUT2D eigenvalue weighted by atomic mass is 79.9. The molecule has 0 spiro atoms. The van der Waals surface area contributed by atoms with Crippen molar-refractivity contribution in [2.75, 3.05) is 6.61 Å². The summed E-state index contributed by atoms with van der Waals surface area (Å²) < 4.78 is 6.91. The summed E-state index contributed by atoms with van der Waals surface area (Å²) in [5, 5.41) is 9.79. The molecule has 0 heterocycles. The van der Waals surface area contributed by atoms with Gasteiger partial charge in [0.15, 0.2) is 0 Å². The van der Waals surface area contributed by atoms with Gasteiger partial charge in [0.25, 0.3) is 0 Å². The summed E-state index contributed by atoms with van der Waals surface area (Å²) in [5.41, 5.74) is 3.65. The van der Waals surface area contributed by atoms with Gasteiger partial charge in [-0.3, -0.25) is 0 Å². The Kier molecular flexibility index (Phi) is 3.81. The van der Waals surface area contributed by atoms with Gasteiger partial charge in [-0.2, -0.15) is 0 Å². The quantitative estimate of drug-likeness (QED) is 0.908. The van der Waals surface area contributed by atoms with Gasteiger partial charge >= 0.3 is 0 Å². The van der Waals surface area contributed by atoms with Crippen molar-refractivity contribution < 1.29 is 9.84 Å². The van der Waals surface area contributed by atoms with Crippen molar-refractivity contribution in [1.82, 2.24) is 0 Å². The second kappa shape index (κ2) is 5.58. The predicted molar refractivity (Wildman–Crippen MR) is 83.2 cm³/mol. The number of halogens is 1. The Morgan fingerprint density at radius 3 is 2.85 bits per heavy atom. The van der Waals surface area contributed by atoms with Gasteiger partial charge < -0.3 is 9.84 Å². The maximum absolute atomic E-state index is 9.79. The van der Waals surface area contributed by atoms with Crippen molar-refractivity contribution in [3.63, 3.8) is 0 Å². The lowest BCUT2D eigenvalue weighted by molar-refractivity contribution is 0.188. The first-order valence-electron chi connectivity index (χ1n) is 6.83. The van der Waals surface area contributed by atoms with Crippen LogP contribution >= 0.6 is 15.9 Å². The molecule has 3 rings (SSSR count). The second-order valence-corrected chi connectivity index (χ2v) is 6.18. The molecule has 0 amide bonds. The molecule has 3 heteroatoms. The molecule has 1 aliphatic rings. The lowest BCUT2D eigenvalue weighted by atomic mass is 9.78. The number of hydrogen-bond donors (Lipinski definition) is 1. The normalized spacial score (nSPS) is 18.1. The highest BCUT2D eigenvalue weighted by molar-refractivity contribution is 9.10. The van der Waals surface area contributed by atoms with Gasteiger partial charge in [0.05, 0.1) is 12.7 Å². The first-order valence-corrected chi connectivity index (χ1v) is 7.62. The van der Waals surface area contributed by atoms with Crippen LogP contribution in [-0.2, 0) is 6.42 Å². The average Bonchev–Trinajstić information content (AvgIpc) is 2.39. The molecule has 2 aromatic carbocycles. The zero-order valence-electron chi connectivity index (χ0n) is 11.3. The minimum atomic E-state index is -0.522. The van der Waals surface area contributed by atoms with Crippen LogP contribution in [0.25, 0.3) is 0 Å². The summed E-state index contributed by atoms with van der Waals surface area (Å²) in [6, 6.07) is 14.2. The van der Waals surface area contributed by atoms with E-state index in [1.807, 2.05) is 18.2 Å². The standard InChI is InChI=1S/C17H17BrO2/c1-11(19)15-7-6-14(18)9-17(15)20-10-13-8-12-4-2-3-5-16(12)13/h2-7,9,11,13,19H,8,10H2,1H3. The van der Waals surface area contributed by atoms with Gasteiger partial charge in [-0.05, 0) is 36.6 Å². The van der Waals surface area contributed by atoms with E-state index < -0.39 is 6.10 Å². The van der Waals surface area contributed by atoms with Crippen molar-refractivity contribution in [3.8, 4) is 5.75 Å². The summed E-state index contributed by atoms with van der Waals surface area (Å²) in [7, 11) is 0. The molecule has 2 atom stereocenters. The molecule has 104 valence electrons. The molecule has 0 aromatic heterocycles. The van der Waals surface area contributed by atoms with E-state index in [2.05, 4.69) is 40.2 Å². The van der Waals surface area contributed by atoms with Crippen molar-refractivity contribution in [1.29, 1.82) is 0 Å². The first-order chi connectivity index (χ1) is 9.65. The lowest BCUT2D eigenvalue weighted by Gasteiger charge is -2.30. The van der Waals surface area contributed by atoms with Gasteiger partial charge in [0, 0.05) is 16.0 Å². The van der Waals surface area contributed by atoms with Gasteiger partial charge in [-0.15, -0.1) is 0 Å². The maximum atomic E-state index is 9.79. The van der Waals surface area contributed by atoms with Crippen LogP contribution < -0.4 is 4.74 Å². The summed E-state index contributed by atoms with van der Waals surface area (Å²) >= 11 is 3.45. The third-order valence-electron chi connectivity index (χ3n) is 3.83. The monoisotopic (exact) mass is 332 g/mol. The van der Waals surface area contributed by atoms with Crippen LogP contribution in [-0.4, -0.2) is 11.7 Å². The minimum Gasteiger partial charge on any atom is -0.493 e. The van der Waals surface area contributed by atoms with E-state index in [1.54, 1.807) is 6.92 Å². The van der Waals surface area contributed by atoms with Crippen LogP contribution in [0.15, 0.2) is 46.9 Å². The van der Waals surface area contributed by atoms with Crippen LogP contribution in [0.1, 0.15) is 35.6 Å². The van der Waals surface area contributed by atoms with Crippen molar-refractivity contribution >= 4 is 15.9 Å². The topological polar surface area (TPSA) is 29.5 Å². The summed E-state index contributed by atoms with van der Waals surface area (Å²) in [6.07, 6.45) is 0.556. The second-order valence-electron chi connectivity index (χ2n) is 5.27. The predicted octanol–water partition coefficient (Wildman–Crippen LogP) is 4.22. The largest absolute Gasteiger partial charge is 0.493 e. The fraction of sp³-hybridized carbons (Fsp3) is 0.294. The van der Waals surface area contributed by atoms with E-state index in [4.69, 9.17) is 4.74 Å². The number of ether oxygens (including phenoxy) is 1. The molecule has 0 aliphatic heterocycles. The third-order valence-corrected chi connectivity index (χ3v) is 4.32. The minimum absolute atomic E-state index is 0.465. The Morgan fingerprint density at radius 2 is 2.10 bits per heavy atom. The van der Waals surface area contributed by atoms with Crippen LogP contribution in [0.4, 0.5) is 0 Å². The van der Waals surface area contributed by atoms with Crippen molar-refractivity contribution in [2.24, 2.45) is 0 Å². The molecule has 0 saturated heterocycles. The number of rotatable bonds is 4. The van der Waals surface area contributed by atoms with Crippen molar-refractivity contribution in [3.05, 3.63) is 63.6 Å². The Morgan fingerprint density at radius 1 is 1.30 bits per heavy atom. The Hall–Kier alpha value is -1.32.